The maximum absolute atomic E-state index is 13.2. The summed E-state index contributed by atoms with van der Waals surface area (Å²) in [7, 11) is 0. The minimum atomic E-state index is -0.368. The molecule has 6 heteroatoms. The summed E-state index contributed by atoms with van der Waals surface area (Å²) < 4.78 is 13.6. The molecule has 26 heavy (non-hydrogen) atoms. The minimum absolute atomic E-state index is 0.148. The van der Waals surface area contributed by atoms with Gasteiger partial charge in [-0.25, -0.2) is 4.39 Å². The molecule has 4 nitrogen and oxygen atoms in total. The second kappa shape index (κ2) is 9.48. The lowest BCUT2D eigenvalue weighted by Gasteiger charge is -2.18. The highest BCUT2D eigenvalue weighted by Crippen LogP contribution is 2.18. The van der Waals surface area contributed by atoms with Crippen LogP contribution in [0.25, 0.3) is 0 Å². The molecule has 0 aliphatic rings. The van der Waals surface area contributed by atoms with E-state index in [2.05, 4.69) is 26.6 Å². The molecule has 0 aromatic heterocycles. The number of halogens is 2. The first-order valence-electron chi connectivity index (χ1n) is 8.39. The van der Waals surface area contributed by atoms with E-state index in [0.29, 0.717) is 17.4 Å². The third-order valence-corrected chi connectivity index (χ3v) is 4.57. The summed E-state index contributed by atoms with van der Waals surface area (Å²) in [5.74, 6) is -0.640. The molecule has 2 amide bonds. The molecule has 138 valence electrons. The Morgan fingerprint density at radius 3 is 2.46 bits per heavy atom. The molecule has 0 aliphatic carbocycles. The molecular formula is C20H22BrFN2O2. The van der Waals surface area contributed by atoms with Gasteiger partial charge in [0.25, 0.3) is 0 Å². The maximum Gasteiger partial charge on any atom is 0.222 e. The monoisotopic (exact) mass is 420 g/mol. The summed E-state index contributed by atoms with van der Waals surface area (Å²) in [6, 6.07) is 12.2. The van der Waals surface area contributed by atoms with E-state index < -0.39 is 0 Å². The smallest absolute Gasteiger partial charge is 0.222 e. The first-order chi connectivity index (χ1) is 12.3. The van der Waals surface area contributed by atoms with Crippen LogP contribution in [-0.4, -0.2) is 18.4 Å². The number of carbonyl (C=O) groups is 2. The molecule has 0 saturated heterocycles. The number of rotatable bonds is 7. The van der Waals surface area contributed by atoms with Gasteiger partial charge in [0.1, 0.15) is 5.82 Å². The van der Waals surface area contributed by atoms with Crippen molar-refractivity contribution in [3.05, 3.63) is 69.4 Å². The highest BCUT2D eigenvalue weighted by atomic mass is 79.9. The van der Waals surface area contributed by atoms with Crippen LogP contribution in [0.3, 0.4) is 0 Å². The van der Waals surface area contributed by atoms with Crippen LogP contribution in [0.4, 0.5) is 4.39 Å². The van der Waals surface area contributed by atoms with E-state index >= 15 is 0 Å². The maximum atomic E-state index is 13.2. The lowest BCUT2D eigenvalue weighted by Crippen LogP contribution is -2.33. The van der Waals surface area contributed by atoms with Crippen molar-refractivity contribution in [2.24, 2.45) is 0 Å². The molecular weight excluding hydrogens is 399 g/mol. The molecule has 0 radical (unpaired) electrons. The molecule has 2 rings (SSSR count). The van der Waals surface area contributed by atoms with Crippen molar-refractivity contribution < 1.29 is 14.0 Å². The first-order valence-corrected chi connectivity index (χ1v) is 9.18. The van der Waals surface area contributed by atoms with Crippen molar-refractivity contribution >= 4 is 27.7 Å². The standard InChI is InChI=1S/C20H22BrFN2O2/c1-13-3-6-16(7-4-13)19(24-14(2)25)12-20(26)23-10-9-15-5-8-18(22)17(21)11-15/h3-8,11,19H,9-10,12H2,1-2H3,(H,23,26)(H,24,25). The van der Waals surface area contributed by atoms with Gasteiger partial charge in [0, 0.05) is 13.5 Å². The Morgan fingerprint density at radius 2 is 1.85 bits per heavy atom. The molecule has 0 bridgehead atoms. The molecule has 0 saturated carbocycles. The van der Waals surface area contributed by atoms with Gasteiger partial charge in [0.2, 0.25) is 11.8 Å². The molecule has 2 N–H and O–H groups in total. The number of amides is 2. The molecule has 0 aliphatic heterocycles. The topological polar surface area (TPSA) is 58.2 Å². The summed E-state index contributed by atoms with van der Waals surface area (Å²) in [5, 5.41) is 5.67. The second-order valence-corrected chi connectivity index (χ2v) is 7.07. The summed E-state index contributed by atoms with van der Waals surface area (Å²) in [6.45, 7) is 3.86. The Morgan fingerprint density at radius 1 is 1.15 bits per heavy atom. The van der Waals surface area contributed by atoms with Crippen LogP contribution in [0.5, 0.6) is 0 Å². The summed E-state index contributed by atoms with van der Waals surface area (Å²) in [6.07, 6.45) is 0.760. The Labute approximate surface area is 161 Å². The molecule has 0 spiro atoms. The van der Waals surface area contributed by atoms with Gasteiger partial charge in [-0.3, -0.25) is 9.59 Å². The van der Waals surface area contributed by atoms with E-state index in [1.807, 2.05) is 31.2 Å². The lowest BCUT2D eigenvalue weighted by atomic mass is 10.0. The van der Waals surface area contributed by atoms with Crippen molar-refractivity contribution in [1.29, 1.82) is 0 Å². The van der Waals surface area contributed by atoms with Gasteiger partial charge < -0.3 is 10.6 Å². The average Bonchev–Trinajstić information content (AvgIpc) is 2.58. The second-order valence-electron chi connectivity index (χ2n) is 6.22. The first kappa shape index (κ1) is 20.1. The van der Waals surface area contributed by atoms with Crippen molar-refractivity contribution in [3.63, 3.8) is 0 Å². The Balaban J connectivity index is 1.90. The molecule has 1 unspecified atom stereocenters. The van der Waals surface area contributed by atoms with E-state index in [4.69, 9.17) is 0 Å². The molecule has 0 fully saturated rings. The van der Waals surface area contributed by atoms with Gasteiger partial charge in [-0.1, -0.05) is 35.9 Å². The van der Waals surface area contributed by atoms with E-state index in [-0.39, 0.29) is 30.1 Å². The van der Waals surface area contributed by atoms with Crippen LogP contribution < -0.4 is 10.6 Å². The third-order valence-electron chi connectivity index (χ3n) is 3.97. The Kier molecular flexibility index (Phi) is 7.33. The van der Waals surface area contributed by atoms with Crippen LogP contribution in [0.2, 0.25) is 0 Å². The summed E-state index contributed by atoms with van der Waals surface area (Å²) in [5.41, 5.74) is 2.93. The van der Waals surface area contributed by atoms with Crippen LogP contribution in [0.1, 0.15) is 36.1 Å². The van der Waals surface area contributed by atoms with E-state index in [1.165, 1.54) is 13.0 Å². The van der Waals surface area contributed by atoms with Gasteiger partial charge in [0.05, 0.1) is 16.9 Å². The Hall–Kier alpha value is -2.21. The third kappa shape index (κ3) is 6.26. The van der Waals surface area contributed by atoms with Gasteiger partial charge in [-0.2, -0.15) is 0 Å². The number of benzene rings is 2. The number of hydrogen-bond donors (Lipinski definition) is 2. The molecule has 2 aromatic rings. The highest BCUT2D eigenvalue weighted by molar-refractivity contribution is 9.10. The predicted molar refractivity (Wildman–Crippen MR) is 103 cm³/mol. The van der Waals surface area contributed by atoms with Gasteiger partial charge >= 0.3 is 0 Å². The van der Waals surface area contributed by atoms with Crippen molar-refractivity contribution in [1.82, 2.24) is 10.6 Å². The SMILES string of the molecule is CC(=O)NC(CC(=O)NCCc1ccc(F)c(Br)c1)c1ccc(C)cc1. The number of hydrogen-bond acceptors (Lipinski definition) is 2. The van der Waals surface area contributed by atoms with Crippen LogP contribution in [0.15, 0.2) is 46.9 Å². The predicted octanol–water partition coefficient (Wildman–Crippen LogP) is 3.82. The van der Waals surface area contributed by atoms with E-state index in [9.17, 15) is 14.0 Å². The zero-order chi connectivity index (χ0) is 19.1. The fourth-order valence-corrected chi connectivity index (χ4v) is 3.02. The van der Waals surface area contributed by atoms with Crippen molar-refractivity contribution in [2.45, 2.75) is 32.7 Å². The van der Waals surface area contributed by atoms with Crippen LogP contribution in [-0.2, 0) is 16.0 Å². The van der Waals surface area contributed by atoms with Gasteiger partial charge in [-0.15, -0.1) is 0 Å². The molecule has 1 atom stereocenters. The van der Waals surface area contributed by atoms with E-state index in [1.54, 1.807) is 12.1 Å². The summed E-state index contributed by atoms with van der Waals surface area (Å²) >= 11 is 3.15. The average molecular weight is 421 g/mol. The van der Waals surface area contributed by atoms with Gasteiger partial charge in [0.15, 0.2) is 0 Å². The van der Waals surface area contributed by atoms with Crippen molar-refractivity contribution in [2.75, 3.05) is 6.54 Å². The zero-order valence-corrected chi connectivity index (χ0v) is 16.4. The highest BCUT2D eigenvalue weighted by Gasteiger charge is 2.16. The van der Waals surface area contributed by atoms with Crippen LogP contribution in [0, 0.1) is 12.7 Å². The minimum Gasteiger partial charge on any atom is -0.356 e. The number of nitrogens with one attached hydrogen (secondary N) is 2. The Bertz CT molecular complexity index is 778. The van der Waals surface area contributed by atoms with E-state index in [0.717, 1.165) is 16.7 Å². The molecule has 0 heterocycles. The quantitative estimate of drug-likeness (QED) is 0.714. The molecule has 2 aromatic carbocycles. The lowest BCUT2D eigenvalue weighted by molar-refractivity contribution is -0.122. The fourth-order valence-electron chi connectivity index (χ4n) is 2.60. The largest absolute Gasteiger partial charge is 0.356 e. The number of aryl methyl sites for hydroxylation is 1. The van der Waals surface area contributed by atoms with Crippen LogP contribution >= 0.6 is 15.9 Å². The fraction of sp³-hybridized carbons (Fsp3) is 0.300. The summed E-state index contributed by atoms with van der Waals surface area (Å²) in [4.78, 5) is 23.7. The van der Waals surface area contributed by atoms with Crippen molar-refractivity contribution in [3.8, 4) is 0 Å². The zero-order valence-electron chi connectivity index (χ0n) is 14.8. The normalized spacial score (nSPS) is 11.7. The van der Waals surface area contributed by atoms with Gasteiger partial charge in [-0.05, 0) is 52.5 Å². The number of carbonyl (C=O) groups excluding carboxylic acids is 2.